The van der Waals surface area contributed by atoms with Crippen LogP contribution in [0.5, 0.6) is 0 Å². The Hall–Kier alpha value is -1.65. The van der Waals surface area contributed by atoms with Crippen molar-refractivity contribution in [2.24, 2.45) is 5.41 Å². The quantitative estimate of drug-likeness (QED) is 0.606. The molecule has 4 rings (SSSR count). The monoisotopic (exact) mass is 405 g/mol. The van der Waals surface area contributed by atoms with Crippen molar-refractivity contribution >= 4 is 12.6 Å². The Morgan fingerprint density at radius 2 is 1.27 bits per heavy atom. The molecule has 1 aliphatic carbocycles. The Balaban J connectivity index is 1.67. The molecule has 30 heavy (non-hydrogen) atoms. The average molecular weight is 405 g/mol. The van der Waals surface area contributed by atoms with Gasteiger partial charge in [-0.2, -0.15) is 0 Å². The molecular weight excluding hydrogens is 369 g/mol. The van der Waals surface area contributed by atoms with Gasteiger partial charge in [0.05, 0.1) is 16.9 Å². The van der Waals surface area contributed by atoms with Crippen LogP contribution in [0.25, 0.3) is 11.3 Å². The van der Waals surface area contributed by atoms with E-state index in [0.29, 0.717) is 0 Å². The first kappa shape index (κ1) is 21.6. The van der Waals surface area contributed by atoms with Crippen LogP contribution in [0.3, 0.4) is 0 Å². The van der Waals surface area contributed by atoms with Crippen LogP contribution < -0.4 is 5.46 Å². The molecular formula is C26H36BNO2. The van der Waals surface area contributed by atoms with E-state index < -0.39 is 0 Å². The Morgan fingerprint density at radius 3 is 1.80 bits per heavy atom. The molecule has 0 radical (unpaired) electrons. The second kappa shape index (κ2) is 6.20. The van der Waals surface area contributed by atoms with E-state index in [4.69, 9.17) is 14.3 Å². The second-order valence-electron chi connectivity index (χ2n) is 11.7. The zero-order valence-electron chi connectivity index (χ0n) is 20.3. The van der Waals surface area contributed by atoms with E-state index >= 15 is 0 Å². The van der Waals surface area contributed by atoms with Gasteiger partial charge in [0.1, 0.15) is 0 Å². The number of hydrogen-bond donors (Lipinski definition) is 0. The maximum absolute atomic E-state index is 6.17. The minimum atomic E-state index is -0.378. The minimum absolute atomic E-state index is 0.0878. The molecule has 2 aliphatic rings. The fourth-order valence-corrected chi connectivity index (χ4v) is 4.91. The fourth-order valence-electron chi connectivity index (χ4n) is 4.91. The lowest BCUT2D eigenvalue weighted by atomic mass is 9.59. The van der Waals surface area contributed by atoms with Crippen molar-refractivity contribution in [2.45, 2.75) is 91.3 Å². The van der Waals surface area contributed by atoms with E-state index in [1.54, 1.807) is 0 Å². The van der Waals surface area contributed by atoms with Crippen molar-refractivity contribution in [2.75, 3.05) is 0 Å². The molecule has 2 aromatic rings. The number of rotatable bonds is 2. The zero-order chi connectivity index (χ0) is 22.3. The van der Waals surface area contributed by atoms with Crippen LogP contribution in [-0.4, -0.2) is 23.3 Å². The van der Waals surface area contributed by atoms with Gasteiger partial charge in [0, 0.05) is 17.2 Å². The summed E-state index contributed by atoms with van der Waals surface area (Å²) < 4.78 is 12.3. The lowest BCUT2D eigenvalue weighted by molar-refractivity contribution is 0.00578. The summed E-state index contributed by atoms with van der Waals surface area (Å²) in [6.07, 6.45) is 1.89. The molecule has 0 atom stereocenters. The first-order valence-electron chi connectivity index (χ1n) is 11.1. The van der Waals surface area contributed by atoms with Crippen LogP contribution in [0, 0.1) is 5.41 Å². The first-order chi connectivity index (χ1) is 13.6. The largest absolute Gasteiger partial charge is 0.496 e. The van der Waals surface area contributed by atoms with E-state index in [0.717, 1.165) is 16.7 Å². The third-order valence-electron chi connectivity index (χ3n) is 9.10. The summed E-state index contributed by atoms with van der Waals surface area (Å²) in [6.45, 7) is 22.6. The van der Waals surface area contributed by atoms with Crippen LogP contribution >= 0.6 is 0 Å². The van der Waals surface area contributed by atoms with E-state index in [-0.39, 0.29) is 34.6 Å². The molecule has 1 aromatic carbocycles. The molecule has 0 bridgehead atoms. The lowest BCUT2D eigenvalue weighted by Crippen LogP contribution is -2.42. The summed E-state index contributed by atoms with van der Waals surface area (Å²) in [5.74, 6) is 0. The predicted octanol–water partition coefficient (Wildman–Crippen LogP) is 5.64. The maximum Gasteiger partial charge on any atom is 0.496 e. The van der Waals surface area contributed by atoms with Crippen LogP contribution in [0.15, 0.2) is 36.5 Å². The molecule has 0 saturated carbocycles. The van der Waals surface area contributed by atoms with Gasteiger partial charge in [-0.3, -0.25) is 4.98 Å². The van der Waals surface area contributed by atoms with Crippen LogP contribution in [0.4, 0.5) is 0 Å². The summed E-state index contributed by atoms with van der Waals surface area (Å²) in [6, 6.07) is 11.0. The molecule has 1 aromatic heterocycles. The number of hydrogen-bond acceptors (Lipinski definition) is 3. The van der Waals surface area contributed by atoms with Gasteiger partial charge >= 0.3 is 7.12 Å². The third kappa shape index (κ3) is 2.76. The molecule has 1 fully saturated rings. The number of fused-ring (bicyclic) bond motifs is 1. The van der Waals surface area contributed by atoms with Crippen molar-refractivity contribution in [1.29, 1.82) is 0 Å². The molecule has 2 heterocycles. The molecule has 160 valence electrons. The van der Waals surface area contributed by atoms with Crippen molar-refractivity contribution in [1.82, 2.24) is 4.98 Å². The van der Waals surface area contributed by atoms with Gasteiger partial charge < -0.3 is 9.31 Å². The van der Waals surface area contributed by atoms with E-state index in [2.05, 4.69) is 99.6 Å². The number of pyridine rings is 1. The number of aromatic nitrogens is 1. The highest BCUT2D eigenvalue weighted by Gasteiger charge is 2.56. The Labute approximate surface area is 182 Å². The van der Waals surface area contributed by atoms with Gasteiger partial charge in [0.2, 0.25) is 0 Å². The van der Waals surface area contributed by atoms with Gasteiger partial charge in [-0.1, -0.05) is 59.7 Å². The predicted molar refractivity (Wildman–Crippen MR) is 125 cm³/mol. The molecule has 0 amide bonds. The van der Waals surface area contributed by atoms with Crippen molar-refractivity contribution < 1.29 is 9.31 Å². The Bertz CT molecular complexity index is 971. The van der Waals surface area contributed by atoms with Gasteiger partial charge in [0.25, 0.3) is 0 Å². The topological polar surface area (TPSA) is 31.4 Å². The second-order valence-corrected chi connectivity index (χ2v) is 11.7. The SMILES string of the molecule is CC1(C)OB(c2ccc(-c3ccc4c(c3)C(C)(C)C(C)(C)C4(C)C)nc2)OC1(C)C. The molecule has 0 N–H and O–H groups in total. The van der Waals surface area contributed by atoms with E-state index in [9.17, 15) is 0 Å². The molecule has 1 aliphatic heterocycles. The summed E-state index contributed by atoms with van der Waals surface area (Å²) in [5, 5.41) is 0. The summed E-state index contributed by atoms with van der Waals surface area (Å²) >= 11 is 0. The number of benzene rings is 1. The minimum Gasteiger partial charge on any atom is -0.399 e. The summed E-state index contributed by atoms with van der Waals surface area (Å²) in [7, 11) is -0.378. The van der Waals surface area contributed by atoms with Gasteiger partial charge in [0.15, 0.2) is 0 Å². The Morgan fingerprint density at radius 1 is 0.700 bits per heavy atom. The van der Waals surface area contributed by atoms with Gasteiger partial charge in [-0.05, 0) is 67.2 Å². The highest BCUT2D eigenvalue weighted by molar-refractivity contribution is 6.62. The number of nitrogens with zero attached hydrogens (tertiary/aromatic N) is 1. The maximum atomic E-state index is 6.17. The lowest BCUT2D eigenvalue weighted by Gasteiger charge is -2.44. The molecule has 4 heteroatoms. The average Bonchev–Trinajstić information content (AvgIpc) is 2.93. The van der Waals surface area contributed by atoms with Crippen molar-refractivity contribution in [3.05, 3.63) is 47.7 Å². The van der Waals surface area contributed by atoms with Crippen molar-refractivity contribution in [3.63, 3.8) is 0 Å². The standard InChI is InChI=1S/C26H36BNO2/c1-22(2)19-13-11-17(15-20(19)23(3,4)24(22,5)6)21-14-12-18(16-28-21)27-29-25(7,8)26(9,10)30-27/h11-16H,1-10H3. The molecule has 0 unspecified atom stereocenters. The zero-order valence-corrected chi connectivity index (χ0v) is 20.3. The fraction of sp³-hybridized carbons (Fsp3) is 0.577. The van der Waals surface area contributed by atoms with E-state index in [1.165, 1.54) is 11.1 Å². The first-order valence-corrected chi connectivity index (χ1v) is 11.1. The van der Waals surface area contributed by atoms with E-state index in [1.807, 2.05) is 6.20 Å². The van der Waals surface area contributed by atoms with Gasteiger partial charge in [-0.15, -0.1) is 0 Å². The van der Waals surface area contributed by atoms with Crippen molar-refractivity contribution in [3.8, 4) is 11.3 Å². The summed E-state index contributed by atoms with van der Waals surface area (Å²) in [4.78, 5) is 4.77. The van der Waals surface area contributed by atoms with Crippen LogP contribution in [0.1, 0.15) is 80.4 Å². The third-order valence-corrected chi connectivity index (χ3v) is 9.10. The Kier molecular flexibility index (Phi) is 4.46. The highest BCUT2D eigenvalue weighted by atomic mass is 16.7. The smallest absolute Gasteiger partial charge is 0.399 e. The highest BCUT2D eigenvalue weighted by Crippen LogP contribution is 2.61. The molecule has 3 nitrogen and oxygen atoms in total. The van der Waals surface area contributed by atoms with Gasteiger partial charge in [-0.25, -0.2) is 0 Å². The summed E-state index contributed by atoms with van der Waals surface area (Å²) in [5.41, 5.74) is 5.68. The normalized spacial score (nSPS) is 24.7. The van der Waals surface area contributed by atoms with Crippen LogP contribution in [0.2, 0.25) is 0 Å². The van der Waals surface area contributed by atoms with Crippen LogP contribution in [-0.2, 0) is 20.1 Å². The molecule has 0 spiro atoms. The molecule has 1 saturated heterocycles.